The lowest BCUT2D eigenvalue weighted by atomic mass is 10.1. The summed E-state index contributed by atoms with van der Waals surface area (Å²) in [6, 6.07) is 12.6. The molecule has 21 heavy (non-hydrogen) atoms. The van der Waals surface area contributed by atoms with Crippen molar-refractivity contribution in [1.29, 1.82) is 0 Å². The second-order valence-electron chi connectivity index (χ2n) is 4.76. The highest BCUT2D eigenvalue weighted by atomic mass is 32.2. The van der Waals surface area contributed by atoms with E-state index in [1.807, 2.05) is 31.2 Å². The van der Waals surface area contributed by atoms with Crippen molar-refractivity contribution >= 4 is 11.8 Å². The molecule has 2 aromatic carbocycles. The van der Waals surface area contributed by atoms with E-state index in [9.17, 15) is 18.3 Å². The Morgan fingerprint density at radius 3 is 2.38 bits per heavy atom. The van der Waals surface area contributed by atoms with Crippen LogP contribution in [0.25, 0.3) is 0 Å². The first kappa shape index (κ1) is 15.9. The lowest BCUT2D eigenvalue weighted by Gasteiger charge is -2.13. The summed E-state index contributed by atoms with van der Waals surface area (Å²) >= 11 is 1.41. The average Bonchev–Trinajstić information content (AvgIpc) is 2.45. The van der Waals surface area contributed by atoms with E-state index in [0.717, 1.165) is 22.6 Å². The molecule has 0 radical (unpaired) electrons. The van der Waals surface area contributed by atoms with Crippen LogP contribution in [0, 0.1) is 6.92 Å². The van der Waals surface area contributed by atoms with Crippen molar-refractivity contribution in [3.05, 3.63) is 65.2 Å². The van der Waals surface area contributed by atoms with Crippen molar-refractivity contribution < 1.29 is 18.3 Å². The van der Waals surface area contributed by atoms with Gasteiger partial charge in [0, 0.05) is 10.6 Å². The zero-order valence-corrected chi connectivity index (χ0v) is 12.2. The molecule has 0 aliphatic carbocycles. The number of aliphatic hydroxyl groups is 1. The normalized spacial score (nSPS) is 13.2. The molecule has 0 saturated heterocycles. The van der Waals surface area contributed by atoms with Gasteiger partial charge in [0.1, 0.15) is 0 Å². The zero-order valence-electron chi connectivity index (χ0n) is 11.4. The second-order valence-corrected chi connectivity index (χ2v) is 5.86. The lowest BCUT2D eigenvalue weighted by molar-refractivity contribution is -0.137. The third-order valence-corrected chi connectivity index (χ3v) is 4.12. The van der Waals surface area contributed by atoms with Gasteiger partial charge in [0.15, 0.2) is 0 Å². The molecule has 0 fully saturated rings. The molecule has 0 aromatic heterocycles. The van der Waals surface area contributed by atoms with Gasteiger partial charge in [-0.05, 0) is 36.8 Å². The molecule has 0 aliphatic heterocycles. The van der Waals surface area contributed by atoms with E-state index in [4.69, 9.17) is 0 Å². The summed E-state index contributed by atoms with van der Waals surface area (Å²) in [7, 11) is 0. The van der Waals surface area contributed by atoms with Crippen LogP contribution in [0.2, 0.25) is 0 Å². The Morgan fingerprint density at radius 2 is 1.76 bits per heavy atom. The van der Waals surface area contributed by atoms with Gasteiger partial charge in [-0.3, -0.25) is 0 Å². The highest BCUT2D eigenvalue weighted by Gasteiger charge is 2.30. The van der Waals surface area contributed by atoms with E-state index in [-0.39, 0.29) is 5.56 Å². The third-order valence-electron chi connectivity index (χ3n) is 3.03. The van der Waals surface area contributed by atoms with E-state index in [0.29, 0.717) is 5.75 Å². The predicted octanol–water partition coefficient (Wildman–Crippen LogP) is 4.84. The Balaban J connectivity index is 2.03. The standard InChI is InChI=1S/C16H15F3OS/c1-11-5-7-14(8-6-11)21-10-15(20)12-3-2-4-13(9-12)16(17,18)19/h2-9,15,20H,10H2,1H3. The molecule has 0 amide bonds. The number of alkyl halides is 3. The van der Waals surface area contributed by atoms with Crippen molar-refractivity contribution in [3.8, 4) is 0 Å². The summed E-state index contributed by atoms with van der Waals surface area (Å²) in [5, 5.41) is 10.0. The molecule has 1 atom stereocenters. The Hall–Kier alpha value is -1.46. The van der Waals surface area contributed by atoms with Gasteiger partial charge < -0.3 is 5.11 Å². The van der Waals surface area contributed by atoms with E-state index < -0.39 is 17.8 Å². The van der Waals surface area contributed by atoms with Crippen LogP contribution in [-0.4, -0.2) is 10.9 Å². The van der Waals surface area contributed by atoms with Gasteiger partial charge in [-0.25, -0.2) is 0 Å². The van der Waals surface area contributed by atoms with Gasteiger partial charge in [0.2, 0.25) is 0 Å². The van der Waals surface area contributed by atoms with Crippen LogP contribution in [-0.2, 0) is 6.18 Å². The summed E-state index contributed by atoms with van der Waals surface area (Å²) < 4.78 is 37.9. The number of aryl methyl sites for hydroxylation is 1. The van der Waals surface area contributed by atoms with E-state index in [1.54, 1.807) is 0 Å². The van der Waals surface area contributed by atoms with Gasteiger partial charge in [-0.15, -0.1) is 11.8 Å². The van der Waals surface area contributed by atoms with Crippen LogP contribution in [0.1, 0.15) is 22.8 Å². The summed E-state index contributed by atoms with van der Waals surface area (Å²) in [6.45, 7) is 1.98. The maximum Gasteiger partial charge on any atom is 0.416 e. The molecular formula is C16H15F3OS. The molecule has 0 bridgehead atoms. The van der Waals surface area contributed by atoms with Crippen LogP contribution in [0.5, 0.6) is 0 Å². The van der Waals surface area contributed by atoms with Gasteiger partial charge in [0.25, 0.3) is 0 Å². The molecule has 2 rings (SSSR count). The smallest absolute Gasteiger partial charge is 0.388 e. The number of benzene rings is 2. The first-order chi connectivity index (χ1) is 9.86. The maximum absolute atomic E-state index is 12.6. The van der Waals surface area contributed by atoms with Gasteiger partial charge in [0.05, 0.1) is 11.7 Å². The van der Waals surface area contributed by atoms with Crippen LogP contribution >= 0.6 is 11.8 Å². The predicted molar refractivity (Wildman–Crippen MR) is 78.3 cm³/mol. The molecule has 112 valence electrons. The van der Waals surface area contributed by atoms with Crippen LogP contribution in [0.15, 0.2) is 53.4 Å². The lowest BCUT2D eigenvalue weighted by Crippen LogP contribution is -2.07. The summed E-state index contributed by atoms with van der Waals surface area (Å²) in [5.74, 6) is 0.310. The minimum Gasteiger partial charge on any atom is -0.388 e. The zero-order chi connectivity index (χ0) is 15.5. The SMILES string of the molecule is Cc1ccc(SCC(O)c2cccc(C(F)(F)F)c2)cc1. The number of hydrogen-bond donors (Lipinski definition) is 1. The second kappa shape index (κ2) is 6.54. The van der Waals surface area contributed by atoms with Crippen molar-refractivity contribution in [2.75, 3.05) is 5.75 Å². The molecule has 0 spiro atoms. The monoisotopic (exact) mass is 312 g/mol. The van der Waals surface area contributed by atoms with E-state index in [2.05, 4.69) is 0 Å². The van der Waals surface area contributed by atoms with Crippen molar-refractivity contribution in [2.45, 2.75) is 24.1 Å². The minimum absolute atomic E-state index is 0.282. The Labute approximate surface area is 125 Å². The first-order valence-electron chi connectivity index (χ1n) is 6.41. The summed E-state index contributed by atoms with van der Waals surface area (Å²) in [4.78, 5) is 0.978. The fraction of sp³-hybridized carbons (Fsp3) is 0.250. The van der Waals surface area contributed by atoms with Crippen LogP contribution < -0.4 is 0 Å². The minimum atomic E-state index is -4.39. The number of rotatable bonds is 4. The first-order valence-corrected chi connectivity index (χ1v) is 7.39. The van der Waals surface area contributed by atoms with E-state index in [1.165, 1.54) is 23.9 Å². The van der Waals surface area contributed by atoms with Crippen LogP contribution in [0.3, 0.4) is 0 Å². The van der Waals surface area contributed by atoms with Crippen molar-refractivity contribution in [3.63, 3.8) is 0 Å². The highest BCUT2D eigenvalue weighted by molar-refractivity contribution is 7.99. The molecule has 1 nitrogen and oxygen atoms in total. The largest absolute Gasteiger partial charge is 0.416 e. The summed E-state index contributed by atoms with van der Waals surface area (Å²) in [5.41, 5.74) is 0.682. The van der Waals surface area contributed by atoms with Crippen LogP contribution in [0.4, 0.5) is 13.2 Å². The number of halogens is 3. The molecule has 1 unspecified atom stereocenters. The molecule has 2 aromatic rings. The fourth-order valence-corrected chi connectivity index (χ4v) is 2.70. The molecule has 0 saturated carbocycles. The topological polar surface area (TPSA) is 20.2 Å². The molecule has 5 heteroatoms. The average molecular weight is 312 g/mol. The van der Waals surface area contributed by atoms with Gasteiger partial charge in [-0.1, -0.05) is 29.8 Å². The van der Waals surface area contributed by atoms with Crippen molar-refractivity contribution in [1.82, 2.24) is 0 Å². The molecule has 0 heterocycles. The Morgan fingerprint density at radius 1 is 1.10 bits per heavy atom. The number of thioether (sulfide) groups is 1. The molecule has 0 aliphatic rings. The van der Waals surface area contributed by atoms with Crippen molar-refractivity contribution in [2.24, 2.45) is 0 Å². The Kier molecular flexibility index (Phi) is 4.96. The van der Waals surface area contributed by atoms with E-state index >= 15 is 0 Å². The van der Waals surface area contributed by atoms with Gasteiger partial charge >= 0.3 is 6.18 Å². The fourth-order valence-electron chi connectivity index (χ4n) is 1.83. The highest BCUT2D eigenvalue weighted by Crippen LogP contribution is 2.32. The summed E-state index contributed by atoms with van der Waals surface area (Å²) in [6.07, 6.45) is -5.32. The maximum atomic E-state index is 12.6. The third kappa shape index (κ3) is 4.51. The Bertz CT molecular complexity index is 593. The molecule has 1 N–H and O–H groups in total. The van der Waals surface area contributed by atoms with Gasteiger partial charge in [-0.2, -0.15) is 13.2 Å². The quantitative estimate of drug-likeness (QED) is 0.815. The number of aliphatic hydroxyl groups excluding tert-OH is 1. The molecular weight excluding hydrogens is 297 g/mol. The number of hydrogen-bond acceptors (Lipinski definition) is 2.